The molecule has 0 saturated heterocycles. The second kappa shape index (κ2) is 7.58. The fraction of sp³-hybridized carbons (Fsp3) is 0.0625. The van der Waals surface area contributed by atoms with Crippen LogP contribution >= 0.6 is 47.8 Å². The number of pyridine rings is 2. The molecule has 0 bridgehead atoms. The van der Waals surface area contributed by atoms with Crippen LogP contribution in [0.1, 0.15) is 10.4 Å². The van der Waals surface area contributed by atoms with Gasteiger partial charge in [0.25, 0.3) is 0 Å². The highest BCUT2D eigenvalue weighted by Gasteiger charge is 2.11. The van der Waals surface area contributed by atoms with Gasteiger partial charge in [0.2, 0.25) is 0 Å². The van der Waals surface area contributed by atoms with Crippen molar-refractivity contribution in [1.82, 2.24) is 19.9 Å². The van der Waals surface area contributed by atoms with Gasteiger partial charge in [-0.2, -0.15) is 0 Å². The van der Waals surface area contributed by atoms with Gasteiger partial charge in [0, 0.05) is 50.1 Å². The van der Waals surface area contributed by atoms with Gasteiger partial charge in [0.05, 0.1) is 5.33 Å². The van der Waals surface area contributed by atoms with Crippen molar-refractivity contribution in [2.45, 2.75) is 0 Å². The number of Topliss-reactive ketones (excluding diaryl/α,β-unsaturated/α-hetero) is 1. The molecule has 8 heteroatoms. The molecule has 0 saturated carbocycles. The molecular weight excluding hydrogens is 504 g/mol. The number of nitrogens with one attached hydrogen (secondary N) is 2. The second-order valence-electron chi connectivity index (χ2n) is 4.88. The van der Waals surface area contributed by atoms with E-state index in [1.165, 1.54) is 0 Å². The van der Waals surface area contributed by atoms with Crippen molar-refractivity contribution >= 4 is 75.6 Å². The molecule has 2 N–H and O–H groups in total. The average Bonchev–Trinajstić information content (AvgIpc) is 3.20. The number of ketones is 1. The zero-order valence-corrected chi connectivity index (χ0v) is 16.9. The molecule has 4 heterocycles. The molecule has 0 radical (unpaired) electrons. The normalized spacial score (nSPS) is 10.6. The van der Waals surface area contributed by atoms with E-state index in [0.29, 0.717) is 10.9 Å². The summed E-state index contributed by atoms with van der Waals surface area (Å²) in [5.74, 6) is 0.0520. The maximum atomic E-state index is 11.5. The number of hydrogen-bond acceptors (Lipinski definition) is 3. The molecule has 24 heavy (non-hydrogen) atoms. The Morgan fingerprint density at radius 1 is 1.04 bits per heavy atom. The predicted octanol–water partition coefficient (Wildman–Crippen LogP) is 5.23. The van der Waals surface area contributed by atoms with E-state index in [9.17, 15) is 4.79 Å². The fourth-order valence-corrected chi connectivity index (χ4v) is 3.18. The number of carbonyl (C=O) groups is 1. The van der Waals surface area contributed by atoms with Crippen LogP contribution in [0.25, 0.3) is 22.1 Å². The summed E-state index contributed by atoms with van der Waals surface area (Å²) in [6.07, 6.45) is 7.04. The number of hydrogen-bond donors (Lipinski definition) is 2. The second-order valence-corrected chi connectivity index (χ2v) is 7.27. The summed E-state index contributed by atoms with van der Waals surface area (Å²) in [4.78, 5) is 25.7. The van der Waals surface area contributed by atoms with E-state index in [1.807, 2.05) is 24.4 Å². The van der Waals surface area contributed by atoms with Crippen molar-refractivity contribution in [3.05, 3.63) is 57.5 Å². The molecule has 4 aromatic rings. The molecule has 0 aromatic carbocycles. The minimum Gasteiger partial charge on any atom is -0.346 e. The number of aromatic nitrogens is 4. The van der Waals surface area contributed by atoms with Crippen LogP contribution in [0.4, 0.5) is 0 Å². The number of H-pyrrole nitrogens is 2. The quantitative estimate of drug-likeness (QED) is 0.284. The highest BCUT2D eigenvalue weighted by atomic mass is 79.9. The van der Waals surface area contributed by atoms with Gasteiger partial charge in [-0.1, -0.05) is 15.9 Å². The topological polar surface area (TPSA) is 74.4 Å². The van der Waals surface area contributed by atoms with Crippen molar-refractivity contribution in [3.8, 4) is 0 Å². The number of halogens is 3. The van der Waals surface area contributed by atoms with Crippen LogP contribution in [0.3, 0.4) is 0 Å². The monoisotopic (exact) mass is 512 g/mol. The first-order valence-electron chi connectivity index (χ1n) is 6.89. The third-order valence-corrected chi connectivity index (χ3v) is 4.66. The predicted molar refractivity (Wildman–Crippen MR) is 106 cm³/mol. The smallest absolute Gasteiger partial charge is 0.175 e. The van der Waals surface area contributed by atoms with E-state index >= 15 is 0 Å². The lowest BCUT2D eigenvalue weighted by molar-refractivity contribution is 0.102. The van der Waals surface area contributed by atoms with Crippen LogP contribution < -0.4 is 0 Å². The van der Waals surface area contributed by atoms with E-state index in [-0.39, 0.29) is 5.78 Å². The molecule has 4 rings (SSSR count). The summed E-state index contributed by atoms with van der Waals surface area (Å²) in [7, 11) is 0. The van der Waals surface area contributed by atoms with Gasteiger partial charge in [-0.3, -0.25) is 4.79 Å². The molecule has 0 unspecified atom stereocenters. The minimum absolute atomic E-state index is 0.0520. The first-order chi connectivity index (χ1) is 11.6. The van der Waals surface area contributed by atoms with Gasteiger partial charge < -0.3 is 9.97 Å². The minimum atomic E-state index is 0.0520. The first kappa shape index (κ1) is 17.3. The van der Waals surface area contributed by atoms with E-state index in [1.54, 1.807) is 18.6 Å². The molecule has 0 aliphatic heterocycles. The highest BCUT2D eigenvalue weighted by Crippen LogP contribution is 2.21. The summed E-state index contributed by atoms with van der Waals surface area (Å²) in [6, 6.07) is 5.90. The molecular formula is C16H11Br3N4O. The number of nitrogens with zero attached hydrogens (tertiary/aromatic N) is 2. The van der Waals surface area contributed by atoms with E-state index in [4.69, 9.17) is 0 Å². The number of aromatic amines is 2. The third kappa shape index (κ3) is 3.76. The standard InChI is InChI=1S/C9H6Br2N2O.C7H5BrN2/c10-2-8(14)7-4-13-9-6(7)1-5(11)3-12-9;8-6-3-5-1-2-9-7(5)10-4-6/h1,3-4H,2H2,(H,12,13);1-4H,(H,9,10). The van der Waals surface area contributed by atoms with Gasteiger partial charge >= 0.3 is 0 Å². The Kier molecular flexibility index (Phi) is 5.47. The highest BCUT2D eigenvalue weighted by molar-refractivity contribution is 9.10. The molecule has 122 valence electrons. The van der Waals surface area contributed by atoms with Gasteiger partial charge in [-0.15, -0.1) is 0 Å². The molecule has 0 aliphatic carbocycles. The number of alkyl halides is 1. The SMILES string of the molecule is Brc1cnc2[nH]ccc2c1.O=C(CBr)c1c[nH]c2ncc(Br)cc12. The van der Waals surface area contributed by atoms with Crippen molar-refractivity contribution in [1.29, 1.82) is 0 Å². The van der Waals surface area contributed by atoms with Gasteiger partial charge in [-0.25, -0.2) is 9.97 Å². The van der Waals surface area contributed by atoms with Crippen molar-refractivity contribution in [3.63, 3.8) is 0 Å². The lowest BCUT2D eigenvalue weighted by atomic mass is 10.2. The van der Waals surface area contributed by atoms with Crippen molar-refractivity contribution in [2.75, 3.05) is 5.33 Å². The zero-order valence-electron chi connectivity index (χ0n) is 12.2. The summed E-state index contributed by atoms with van der Waals surface area (Å²) in [5, 5.41) is 2.31. The molecule has 0 spiro atoms. The Bertz CT molecular complexity index is 1010. The molecule has 0 amide bonds. The van der Waals surface area contributed by atoms with Crippen LogP contribution in [-0.4, -0.2) is 31.0 Å². The van der Waals surface area contributed by atoms with Gasteiger partial charge in [0.1, 0.15) is 11.3 Å². The summed E-state index contributed by atoms with van der Waals surface area (Å²) < 4.78 is 1.88. The Balaban J connectivity index is 0.000000149. The first-order valence-corrected chi connectivity index (χ1v) is 9.59. The fourth-order valence-electron chi connectivity index (χ4n) is 2.19. The maximum absolute atomic E-state index is 11.5. The zero-order chi connectivity index (χ0) is 17.1. The van der Waals surface area contributed by atoms with Crippen LogP contribution in [-0.2, 0) is 0 Å². The summed E-state index contributed by atoms with van der Waals surface area (Å²) in [6.45, 7) is 0. The third-order valence-electron chi connectivity index (χ3n) is 3.29. The molecule has 0 aliphatic rings. The van der Waals surface area contributed by atoms with Gasteiger partial charge in [0.15, 0.2) is 5.78 Å². The van der Waals surface area contributed by atoms with Gasteiger partial charge in [-0.05, 0) is 50.1 Å². The Morgan fingerprint density at radius 3 is 2.50 bits per heavy atom. The number of carbonyl (C=O) groups excluding carboxylic acids is 1. The number of rotatable bonds is 2. The van der Waals surface area contributed by atoms with Crippen LogP contribution in [0.5, 0.6) is 0 Å². The molecule has 4 aromatic heterocycles. The van der Waals surface area contributed by atoms with Crippen LogP contribution in [0, 0.1) is 0 Å². The van der Waals surface area contributed by atoms with E-state index in [0.717, 1.165) is 31.0 Å². The Morgan fingerprint density at radius 2 is 1.75 bits per heavy atom. The maximum Gasteiger partial charge on any atom is 0.175 e. The van der Waals surface area contributed by atoms with Crippen LogP contribution in [0.2, 0.25) is 0 Å². The lowest BCUT2D eigenvalue weighted by Crippen LogP contribution is -1.97. The molecule has 0 fully saturated rings. The summed E-state index contributed by atoms with van der Waals surface area (Å²) >= 11 is 9.81. The van der Waals surface area contributed by atoms with E-state index in [2.05, 4.69) is 67.7 Å². The van der Waals surface area contributed by atoms with Crippen molar-refractivity contribution in [2.24, 2.45) is 0 Å². The lowest BCUT2D eigenvalue weighted by Gasteiger charge is -1.94. The average molecular weight is 515 g/mol. The Labute approximate surface area is 162 Å². The summed E-state index contributed by atoms with van der Waals surface area (Å²) in [5.41, 5.74) is 2.34. The van der Waals surface area contributed by atoms with E-state index < -0.39 is 0 Å². The molecule has 5 nitrogen and oxygen atoms in total. The van der Waals surface area contributed by atoms with Crippen LogP contribution in [0.15, 0.2) is 51.9 Å². The largest absolute Gasteiger partial charge is 0.346 e. The van der Waals surface area contributed by atoms with Crippen molar-refractivity contribution < 1.29 is 4.79 Å². The molecule has 0 atom stereocenters. The Hall–Kier alpha value is -1.51. The number of fused-ring (bicyclic) bond motifs is 2.